The molecule has 1 atom stereocenters. The van der Waals surface area contributed by atoms with Gasteiger partial charge in [0.05, 0.1) is 5.41 Å². The molecule has 4 bridgehead atoms. The molecule has 0 aromatic rings. The highest BCUT2D eigenvalue weighted by molar-refractivity contribution is 5.84. The average molecular weight is 377 g/mol. The minimum atomic E-state index is -0.373. The summed E-state index contributed by atoms with van der Waals surface area (Å²) < 4.78 is 5.66. The number of rotatable bonds is 6. The standard InChI is InChI=1S/C22H36N2O3/c1-3-4-9-27-16(2)20(25)23-5-7-24(8-6-23)21(26)22-13-17-10-18(14-22)12-19(11-17)15-22/h16-19H,3-15H2,1-2H3. The summed E-state index contributed by atoms with van der Waals surface area (Å²) in [5, 5.41) is 0. The van der Waals surface area contributed by atoms with Crippen LogP contribution in [0.2, 0.25) is 0 Å². The fourth-order valence-electron chi connectivity index (χ4n) is 6.57. The number of amides is 2. The van der Waals surface area contributed by atoms with Crippen LogP contribution in [0.1, 0.15) is 65.2 Å². The van der Waals surface area contributed by atoms with Crippen LogP contribution in [0.4, 0.5) is 0 Å². The molecule has 0 radical (unpaired) electrons. The maximum Gasteiger partial charge on any atom is 0.251 e. The molecule has 5 fully saturated rings. The number of hydrogen-bond donors (Lipinski definition) is 0. The second-order valence-corrected chi connectivity index (χ2v) is 9.68. The van der Waals surface area contributed by atoms with E-state index in [1.807, 2.05) is 11.8 Å². The van der Waals surface area contributed by atoms with Gasteiger partial charge in [-0.3, -0.25) is 9.59 Å². The maximum absolute atomic E-state index is 13.4. The monoisotopic (exact) mass is 376 g/mol. The summed E-state index contributed by atoms with van der Waals surface area (Å²) in [6.07, 6.45) is 9.16. The lowest BCUT2D eigenvalue weighted by Crippen LogP contribution is -2.59. The minimum absolute atomic E-state index is 0.0581. The van der Waals surface area contributed by atoms with Crippen LogP contribution >= 0.6 is 0 Å². The Morgan fingerprint density at radius 1 is 0.963 bits per heavy atom. The number of carbonyl (C=O) groups excluding carboxylic acids is 2. The zero-order valence-electron chi connectivity index (χ0n) is 17.1. The molecule has 27 heavy (non-hydrogen) atoms. The molecule has 2 amide bonds. The number of hydrogen-bond acceptors (Lipinski definition) is 3. The van der Waals surface area contributed by atoms with Crippen molar-refractivity contribution < 1.29 is 14.3 Å². The van der Waals surface area contributed by atoms with Gasteiger partial charge in [-0.05, 0) is 69.6 Å². The van der Waals surface area contributed by atoms with Gasteiger partial charge in [0, 0.05) is 32.8 Å². The van der Waals surface area contributed by atoms with Crippen LogP contribution in [0.25, 0.3) is 0 Å². The van der Waals surface area contributed by atoms with Crippen molar-refractivity contribution in [1.82, 2.24) is 9.80 Å². The zero-order valence-corrected chi connectivity index (χ0v) is 17.1. The van der Waals surface area contributed by atoms with Crippen molar-refractivity contribution in [3.05, 3.63) is 0 Å². The van der Waals surface area contributed by atoms with Crippen LogP contribution in [-0.4, -0.2) is 60.5 Å². The van der Waals surface area contributed by atoms with Crippen molar-refractivity contribution in [3.63, 3.8) is 0 Å². The van der Waals surface area contributed by atoms with Gasteiger partial charge in [0.25, 0.3) is 5.91 Å². The smallest absolute Gasteiger partial charge is 0.251 e. The van der Waals surface area contributed by atoms with Crippen LogP contribution in [0, 0.1) is 23.2 Å². The van der Waals surface area contributed by atoms with E-state index in [4.69, 9.17) is 4.74 Å². The lowest BCUT2D eigenvalue weighted by molar-refractivity contribution is -0.161. The van der Waals surface area contributed by atoms with E-state index in [2.05, 4.69) is 11.8 Å². The Labute approximate surface area is 163 Å². The van der Waals surface area contributed by atoms with E-state index < -0.39 is 0 Å². The third kappa shape index (κ3) is 3.76. The van der Waals surface area contributed by atoms with Gasteiger partial charge >= 0.3 is 0 Å². The van der Waals surface area contributed by atoms with Crippen LogP contribution < -0.4 is 0 Å². The molecule has 0 aromatic carbocycles. The largest absolute Gasteiger partial charge is 0.369 e. The van der Waals surface area contributed by atoms with Gasteiger partial charge < -0.3 is 14.5 Å². The van der Waals surface area contributed by atoms with Crippen LogP contribution in [0.3, 0.4) is 0 Å². The molecular formula is C22H36N2O3. The highest BCUT2D eigenvalue weighted by atomic mass is 16.5. The topological polar surface area (TPSA) is 49.9 Å². The molecule has 1 aliphatic heterocycles. The van der Waals surface area contributed by atoms with E-state index in [0.29, 0.717) is 38.7 Å². The molecule has 0 aromatic heterocycles. The number of carbonyl (C=O) groups is 2. The maximum atomic E-state index is 13.4. The lowest BCUT2D eigenvalue weighted by Gasteiger charge is -2.57. The van der Waals surface area contributed by atoms with Crippen LogP contribution in [-0.2, 0) is 14.3 Å². The summed E-state index contributed by atoms with van der Waals surface area (Å²) in [5.74, 6) is 2.87. The Hall–Kier alpha value is -1.10. The second kappa shape index (κ2) is 7.73. The van der Waals surface area contributed by atoms with Crippen LogP contribution in [0.5, 0.6) is 0 Å². The first-order chi connectivity index (χ1) is 13.0. The van der Waals surface area contributed by atoms with Gasteiger partial charge in [-0.15, -0.1) is 0 Å². The van der Waals surface area contributed by atoms with Gasteiger partial charge in [0.15, 0.2) is 0 Å². The normalized spacial score (nSPS) is 36.1. The fourth-order valence-corrected chi connectivity index (χ4v) is 6.57. The summed E-state index contributed by atoms with van der Waals surface area (Å²) in [4.78, 5) is 30.0. The second-order valence-electron chi connectivity index (χ2n) is 9.68. The average Bonchev–Trinajstić information content (AvgIpc) is 2.66. The third-order valence-electron chi connectivity index (χ3n) is 7.58. The highest BCUT2D eigenvalue weighted by Gasteiger charge is 2.55. The lowest BCUT2D eigenvalue weighted by atomic mass is 9.49. The molecule has 0 spiro atoms. The van der Waals surface area contributed by atoms with E-state index in [0.717, 1.165) is 49.9 Å². The fraction of sp³-hybridized carbons (Fsp3) is 0.909. The molecule has 4 aliphatic carbocycles. The van der Waals surface area contributed by atoms with Gasteiger partial charge in [-0.25, -0.2) is 0 Å². The number of ether oxygens (including phenoxy) is 1. The van der Waals surface area contributed by atoms with E-state index in [-0.39, 0.29) is 17.4 Å². The number of unbranched alkanes of at least 4 members (excludes halogenated alkanes) is 1. The minimum Gasteiger partial charge on any atom is -0.369 e. The van der Waals surface area contributed by atoms with E-state index in [1.165, 1.54) is 19.3 Å². The van der Waals surface area contributed by atoms with E-state index >= 15 is 0 Å². The number of piperazine rings is 1. The Balaban J connectivity index is 1.30. The molecule has 1 heterocycles. The first-order valence-electron chi connectivity index (χ1n) is 11.2. The van der Waals surface area contributed by atoms with Crippen LogP contribution in [0.15, 0.2) is 0 Å². The van der Waals surface area contributed by atoms with Crippen molar-refractivity contribution in [1.29, 1.82) is 0 Å². The van der Waals surface area contributed by atoms with E-state index in [9.17, 15) is 9.59 Å². The van der Waals surface area contributed by atoms with Crippen molar-refractivity contribution in [2.24, 2.45) is 23.2 Å². The third-order valence-corrected chi connectivity index (χ3v) is 7.58. The summed E-state index contributed by atoms with van der Waals surface area (Å²) in [7, 11) is 0. The molecular weight excluding hydrogens is 340 g/mol. The summed E-state index contributed by atoms with van der Waals surface area (Å²) in [6, 6.07) is 0. The molecule has 0 N–H and O–H groups in total. The molecule has 4 saturated carbocycles. The van der Waals surface area contributed by atoms with Gasteiger partial charge in [0.2, 0.25) is 5.91 Å². The quantitative estimate of drug-likeness (QED) is 0.670. The van der Waals surface area contributed by atoms with Gasteiger partial charge in [-0.1, -0.05) is 13.3 Å². The summed E-state index contributed by atoms with van der Waals surface area (Å²) in [5.41, 5.74) is -0.0581. The Bertz CT molecular complexity index is 533. The molecule has 5 rings (SSSR count). The van der Waals surface area contributed by atoms with Crippen molar-refractivity contribution in [2.75, 3.05) is 32.8 Å². The summed E-state index contributed by atoms with van der Waals surface area (Å²) >= 11 is 0. The van der Waals surface area contributed by atoms with E-state index in [1.54, 1.807) is 0 Å². The zero-order chi connectivity index (χ0) is 19.0. The van der Waals surface area contributed by atoms with Crippen molar-refractivity contribution in [2.45, 2.75) is 71.3 Å². The molecule has 152 valence electrons. The number of nitrogens with zero attached hydrogens (tertiary/aromatic N) is 2. The highest BCUT2D eigenvalue weighted by Crippen LogP contribution is 2.60. The Morgan fingerprint density at radius 2 is 1.48 bits per heavy atom. The predicted octanol–water partition coefficient (Wildman–Crippen LogP) is 3.08. The molecule has 5 nitrogen and oxygen atoms in total. The molecule has 5 heteroatoms. The SMILES string of the molecule is CCCCOC(C)C(=O)N1CCN(C(=O)C23CC4CC(CC(C4)C2)C3)CC1. The summed E-state index contributed by atoms with van der Waals surface area (Å²) in [6.45, 7) is 7.30. The molecule has 1 saturated heterocycles. The van der Waals surface area contributed by atoms with Crippen molar-refractivity contribution >= 4 is 11.8 Å². The predicted molar refractivity (Wildman–Crippen MR) is 104 cm³/mol. The first-order valence-corrected chi connectivity index (χ1v) is 11.2. The Morgan fingerprint density at radius 3 is 2.00 bits per heavy atom. The van der Waals surface area contributed by atoms with Gasteiger partial charge in [0.1, 0.15) is 6.10 Å². The molecule has 1 unspecified atom stereocenters. The first kappa shape index (κ1) is 19.2. The molecule has 5 aliphatic rings. The Kier molecular flexibility index (Phi) is 5.50. The van der Waals surface area contributed by atoms with Gasteiger partial charge in [-0.2, -0.15) is 0 Å². The van der Waals surface area contributed by atoms with Crippen molar-refractivity contribution in [3.8, 4) is 0 Å².